The molecule has 1 aromatic rings. The third-order valence-electron chi connectivity index (χ3n) is 3.49. The Kier molecular flexibility index (Phi) is 5.06. The number of carbonyl (C=O) groups excluding carboxylic acids is 2. The molecule has 1 fully saturated rings. The van der Waals surface area contributed by atoms with E-state index in [4.69, 9.17) is 4.74 Å². The highest BCUT2D eigenvalue weighted by molar-refractivity contribution is 5.91. The van der Waals surface area contributed by atoms with Gasteiger partial charge in [-0.1, -0.05) is 18.2 Å². The summed E-state index contributed by atoms with van der Waals surface area (Å²) in [6, 6.07) is 9.19. The third kappa shape index (κ3) is 4.48. The first-order valence-corrected chi connectivity index (χ1v) is 7.68. The summed E-state index contributed by atoms with van der Waals surface area (Å²) in [6.07, 6.45) is 1.14. The van der Waals surface area contributed by atoms with E-state index in [9.17, 15) is 9.59 Å². The SMILES string of the molecule is CC(C)(C)OC(=O)N1CCCC1C(=O)CNc1ccccc1. The molecule has 1 aliphatic heterocycles. The maximum atomic E-state index is 12.4. The minimum absolute atomic E-state index is 0.0206. The number of benzene rings is 1. The molecule has 0 radical (unpaired) electrons. The predicted octanol–water partition coefficient (Wildman–Crippen LogP) is 3.07. The molecule has 1 aromatic carbocycles. The van der Waals surface area contributed by atoms with E-state index in [1.54, 1.807) is 4.90 Å². The summed E-state index contributed by atoms with van der Waals surface area (Å²) in [5.41, 5.74) is 0.355. The van der Waals surface area contributed by atoms with Crippen molar-refractivity contribution in [3.05, 3.63) is 30.3 Å². The van der Waals surface area contributed by atoms with Crippen molar-refractivity contribution in [2.24, 2.45) is 0 Å². The Hall–Kier alpha value is -2.04. The van der Waals surface area contributed by atoms with E-state index in [1.807, 2.05) is 51.1 Å². The standard InChI is InChI=1S/C17H24N2O3/c1-17(2,3)22-16(21)19-11-7-10-14(19)15(20)12-18-13-8-5-4-6-9-13/h4-6,8-9,14,18H,7,10-12H2,1-3H3. The summed E-state index contributed by atoms with van der Waals surface area (Å²) in [5.74, 6) is 0.0206. The lowest BCUT2D eigenvalue weighted by Crippen LogP contribution is -2.45. The van der Waals surface area contributed by atoms with Crippen LogP contribution in [-0.2, 0) is 9.53 Å². The van der Waals surface area contributed by atoms with Crippen molar-refractivity contribution in [3.63, 3.8) is 0 Å². The number of ketones is 1. The van der Waals surface area contributed by atoms with E-state index in [1.165, 1.54) is 0 Å². The van der Waals surface area contributed by atoms with Gasteiger partial charge >= 0.3 is 6.09 Å². The fraction of sp³-hybridized carbons (Fsp3) is 0.529. The normalized spacial score (nSPS) is 18.1. The van der Waals surface area contributed by atoms with Gasteiger partial charge in [-0.15, -0.1) is 0 Å². The molecule has 5 nitrogen and oxygen atoms in total. The molecular formula is C17H24N2O3. The van der Waals surface area contributed by atoms with Crippen LogP contribution in [0.15, 0.2) is 30.3 Å². The van der Waals surface area contributed by atoms with Gasteiger partial charge in [-0.05, 0) is 45.7 Å². The first kappa shape index (κ1) is 16.3. The van der Waals surface area contributed by atoms with Crippen LogP contribution in [0.25, 0.3) is 0 Å². The number of ether oxygens (including phenoxy) is 1. The van der Waals surface area contributed by atoms with Gasteiger partial charge in [-0.2, -0.15) is 0 Å². The quantitative estimate of drug-likeness (QED) is 0.928. The number of anilines is 1. The highest BCUT2D eigenvalue weighted by atomic mass is 16.6. The molecule has 22 heavy (non-hydrogen) atoms. The van der Waals surface area contributed by atoms with Crippen LogP contribution in [-0.4, -0.2) is 41.5 Å². The van der Waals surface area contributed by atoms with E-state index >= 15 is 0 Å². The Morgan fingerprint density at radius 2 is 1.95 bits per heavy atom. The molecular weight excluding hydrogens is 280 g/mol. The molecule has 1 atom stereocenters. The zero-order valence-electron chi connectivity index (χ0n) is 13.5. The monoisotopic (exact) mass is 304 g/mol. The number of nitrogens with zero attached hydrogens (tertiary/aromatic N) is 1. The molecule has 2 rings (SSSR count). The number of rotatable bonds is 4. The molecule has 1 amide bonds. The molecule has 0 aromatic heterocycles. The molecule has 5 heteroatoms. The van der Waals surface area contributed by atoms with Crippen molar-refractivity contribution in [1.82, 2.24) is 4.90 Å². The Morgan fingerprint density at radius 3 is 2.59 bits per heavy atom. The van der Waals surface area contributed by atoms with Gasteiger partial charge in [-0.3, -0.25) is 9.69 Å². The number of nitrogens with one attached hydrogen (secondary N) is 1. The molecule has 0 saturated carbocycles. The highest BCUT2D eigenvalue weighted by Crippen LogP contribution is 2.21. The van der Waals surface area contributed by atoms with E-state index in [-0.39, 0.29) is 18.4 Å². The van der Waals surface area contributed by atoms with Gasteiger partial charge in [0.1, 0.15) is 5.60 Å². The van der Waals surface area contributed by atoms with Crippen LogP contribution < -0.4 is 5.32 Å². The number of likely N-dealkylation sites (tertiary alicyclic amines) is 1. The van der Waals surface area contributed by atoms with Crippen molar-refractivity contribution in [3.8, 4) is 0 Å². The molecule has 1 heterocycles. The molecule has 0 bridgehead atoms. The first-order chi connectivity index (χ1) is 10.4. The van der Waals surface area contributed by atoms with Gasteiger partial charge < -0.3 is 10.1 Å². The first-order valence-electron chi connectivity index (χ1n) is 7.68. The van der Waals surface area contributed by atoms with Crippen molar-refractivity contribution in [1.29, 1.82) is 0 Å². The highest BCUT2D eigenvalue weighted by Gasteiger charge is 2.36. The summed E-state index contributed by atoms with van der Waals surface area (Å²) in [7, 11) is 0. The maximum absolute atomic E-state index is 12.4. The summed E-state index contributed by atoms with van der Waals surface area (Å²) < 4.78 is 5.38. The van der Waals surface area contributed by atoms with Crippen LogP contribution in [0.3, 0.4) is 0 Å². The minimum atomic E-state index is -0.546. The van der Waals surface area contributed by atoms with E-state index < -0.39 is 11.7 Å². The zero-order valence-corrected chi connectivity index (χ0v) is 13.5. The molecule has 1 saturated heterocycles. The number of hydrogen-bond donors (Lipinski definition) is 1. The van der Waals surface area contributed by atoms with E-state index in [0.29, 0.717) is 13.0 Å². The summed E-state index contributed by atoms with van der Waals surface area (Å²) in [6.45, 7) is 6.28. The Morgan fingerprint density at radius 1 is 1.27 bits per heavy atom. The van der Waals surface area contributed by atoms with Crippen LogP contribution in [0.4, 0.5) is 10.5 Å². The maximum Gasteiger partial charge on any atom is 0.410 e. The van der Waals surface area contributed by atoms with Gasteiger partial charge in [0.25, 0.3) is 0 Å². The van der Waals surface area contributed by atoms with E-state index in [2.05, 4.69) is 5.32 Å². The summed E-state index contributed by atoms with van der Waals surface area (Å²) in [4.78, 5) is 26.1. The molecule has 1 N–H and O–H groups in total. The predicted molar refractivity (Wildman–Crippen MR) is 85.9 cm³/mol. The van der Waals surface area contributed by atoms with Gasteiger partial charge in [0.05, 0.1) is 12.6 Å². The third-order valence-corrected chi connectivity index (χ3v) is 3.49. The molecule has 0 spiro atoms. The average molecular weight is 304 g/mol. The second-order valence-electron chi connectivity index (χ2n) is 6.52. The van der Waals surface area contributed by atoms with Crippen molar-refractivity contribution < 1.29 is 14.3 Å². The lowest BCUT2D eigenvalue weighted by Gasteiger charge is -2.28. The van der Waals surface area contributed by atoms with Crippen LogP contribution in [0.5, 0.6) is 0 Å². The van der Waals surface area contributed by atoms with Crippen LogP contribution in [0, 0.1) is 0 Å². The van der Waals surface area contributed by atoms with Gasteiger partial charge in [0, 0.05) is 12.2 Å². The molecule has 1 aliphatic rings. The molecule has 120 valence electrons. The fourth-order valence-corrected chi connectivity index (χ4v) is 2.50. The number of Topliss-reactive ketones (excluding diaryl/α,β-unsaturated/α-hetero) is 1. The number of amides is 1. The second-order valence-corrected chi connectivity index (χ2v) is 6.52. The minimum Gasteiger partial charge on any atom is -0.444 e. The summed E-state index contributed by atoms with van der Waals surface area (Å²) >= 11 is 0. The number of carbonyl (C=O) groups is 2. The lowest BCUT2D eigenvalue weighted by molar-refractivity contribution is -0.121. The Balaban J connectivity index is 1.92. The number of hydrogen-bond acceptors (Lipinski definition) is 4. The van der Waals surface area contributed by atoms with E-state index in [0.717, 1.165) is 12.1 Å². The topological polar surface area (TPSA) is 58.6 Å². The van der Waals surface area contributed by atoms with Crippen LogP contribution in [0.1, 0.15) is 33.6 Å². The summed E-state index contributed by atoms with van der Waals surface area (Å²) in [5, 5.41) is 3.10. The Bertz CT molecular complexity index is 522. The second kappa shape index (κ2) is 6.81. The van der Waals surface area contributed by atoms with Crippen molar-refractivity contribution in [2.75, 3.05) is 18.4 Å². The van der Waals surface area contributed by atoms with Crippen LogP contribution in [0.2, 0.25) is 0 Å². The Labute approximate surface area is 131 Å². The zero-order chi connectivity index (χ0) is 16.2. The fourth-order valence-electron chi connectivity index (χ4n) is 2.50. The smallest absolute Gasteiger partial charge is 0.410 e. The van der Waals surface area contributed by atoms with Crippen LogP contribution >= 0.6 is 0 Å². The lowest BCUT2D eigenvalue weighted by atomic mass is 10.1. The van der Waals surface area contributed by atoms with Crippen molar-refractivity contribution >= 4 is 17.6 Å². The van der Waals surface area contributed by atoms with Gasteiger partial charge in [0.2, 0.25) is 0 Å². The van der Waals surface area contributed by atoms with Gasteiger partial charge in [0.15, 0.2) is 5.78 Å². The van der Waals surface area contributed by atoms with Crippen molar-refractivity contribution in [2.45, 2.75) is 45.3 Å². The van der Waals surface area contributed by atoms with Gasteiger partial charge in [-0.25, -0.2) is 4.79 Å². The number of para-hydroxylation sites is 1. The average Bonchev–Trinajstić information content (AvgIpc) is 2.93. The largest absolute Gasteiger partial charge is 0.444 e. The molecule has 0 aliphatic carbocycles. The molecule has 1 unspecified atom stereocenters.